The molecule has 0 bridgehead atoms. The van der Waals surface area contributed by atoms with Crippen LogP contribution in [0.15, 0.2) is 18.2 Å². The molecule has 0 radical (unpaired) electrons. The number of ether oxygens (including phenoxy) is 2. The zero-order valence-electron chi connectivity index (χ0n) is 12.5. The summed E-state index contributed by atoms with van der Waals surface area (Å²) < 4.78 is 9.25. The smallest absolute Gasteiger partial charge is 0.335 e. The van der Waals surface area contributed by atoms with Gasteiger partial charge in [-0.3, -0.25) is 9.59 Å². The molecule has 0 aliphatic heterocycles. The Balaban J connectivity index is 3.09. The second-order valence-corrected chi connectivity index (χ2v) is 4.70. The first-order chi connectivity index (χ1) is 10.4. The summed E-state index contributed by atoms with van der Waals surface area (Å²) in [7, 11) is 2.46. The molecule has 1 rings (SSSR count). The maximum absolute atomic E-state index is 11.8. The highest BCUT2D eigenvalue weighted by atomic mass is 16.5. The van der Waals surface area contributed by atoms with Gasteiger partial charge in [0.05, 0.1) is 32.1 Å². The molecular formula is C15H19NO6. The number of carbonyl (C=O) groups is 3. The number of nitrogens with two attached hydrogens (primary N) is 1. The molecule has 22 heavy (non-hydrogen) atoms. The normalized spacial score (nSPS) is 11.6. The maximum atomic E-state index is 11.8. The van der Waals surface area contributed by atoms with E-state index in [-0.39, 0.29) is 24.9 Å². The van der Waals surface area contributed by atoms with Gasteiger partial charge in [-0.05, 0) is 29.7 Å². The largest absolute Gasteiger partial charge is 0.478 e. The van der Waals surface area contributed by atoms with E-state index in [1.165, 1.54) is 26.4 Å². The number of aromatic carboxylic acids is 1. The van der Waals surface area contributed by atoms with E-state index in [2.05, 4.69) is 9.47 Å². The topological polar surface area (TPSA) is 116 Å². The molecule has 1 aromatic rings. The number of carboxylic acids is 1. The molecule has 0 saturated carbocycles. The van der Waals surface area contributed by atoms with Gasteiger partial charge in [-0.25, -0.2) is 4.79 Å². The Labute approximate surface area is 128 Å². The minimum atomic E-state index is -1.08. The van der Waals surface area contributed by atoms with E-state index in [1.807, 2.05) is 0 Å². The average molecular weight is 309 g/mol. The Morgan fingerprint density at radius 3 is 2.36 bits per heavy atom. The fraction of sp³-hybridized carbons (Fsp3) is 0.400. The molecule has 0 fully saturated rings. The minimum Gasteiger partial charge on any atom is -0.478 e. The number of hydrogen-bond donors (Lipinski definition) is 2. The molecule has 3 N–H and O–H groups in total. The first-order valence-corrected chi connectivity index (χ1v) is 6.62. The van der Waals surface area contributed by atoms with Crippen LogP contribution in [0.2, 0.25) is 0 Å². The van der Waals surface area contributed by atoms with Gasteiger partial charge in [0.15, 0.2) is 0 Å². The Bertz CT molecular complexity index is 569. The van der Waals surface area contributed by atoms with Crippen molar-refractivity contribution < 1.29 is 29.0 Å². The lowest BCUT2D eigenvalue weighted by Crippen LogP contribution is -2.23. The standard InChI is InChI=1S/C15H19NO6/c1-21-13(17)7-12(15(20)22-2)6-11-5-9(14(18)19)3-4-10(11)8-16/h3-5,12H,6-8,16H2,1-2H3,(H,18,19). The number of benzene rings is 1. The zero-order valence-corrected chi connectivity index (χ0v) is 12.5. The van der Waals surface area contributed by atoms with Gasteiger partial charge in [0.25, 0.3) is 0 Å². The van der Waals surface area contributed by atoms with Crippen molar-refractivity contribution in [1.82, 2.24) is 0 Å². The number of hydrogen-bond acceptors (Lipinski definition) is 6. The van der Waals surface area contributed by atoms with Crippen molar-refractivity contribution in [3.63, 3.8) is 0 Å². The fourth-order valence-corrected chi connectivity index (χ4v) is 2.10. The van der Waals surface area contributed by atoms with Crippen LogP contribution >= 0.6 is 0 Å². The summed E-state index contributed by atoms with van der Waals surface area (Å²) in [4.78, 5) is 34.3. The highest BCUT2D eigenvalue weighted by molar-refractivity contribution is 5.88. The lowest BCUT2D eigenvalue weighted by molar-refractivity contribution is -0.152. The molecular weight excluding hydrogens is 290 g/mol. The van der Waals surface area contributed by atoms with Gasteiger partial charge in [-0.15, -0.1) is 0 Å². The monoisotopic (exact) mass is 309 g/mol. The lowest BCUT2D eigenvalue weighted by atomic mass is 9.92. The second kappa shape index (κ2) is 8.14. The number of carbonyl (C=O) groups excluding carboxylic acids is 2. The molecule has 120 valence electrons. The predicted molar refractivity (Wildman–Crippen MR) is 77.1 cm³/mol. The number of carboxylic acid groups (broad SMARTS) is 1. The minimum absolute atomic E-state index is 0.0916. The van der Waals surface area contributed by atoms with Crippen LogP contribution in [0.5, 0.6) is 0 Å². The summed E-state index contributed by atoms with van der Waals surface area (Å²) in [6, 6.07) is 4.50. The van der Waals surface area contributed by atoms with Crippen molar-refractivity contribution in [1.29, 1.82) is 0 Å². The number of rotatable bonds is 7. The summed E-state index contributed by atoms with van der Waals surface area (Å²) in [6.07, 6.45) is -0.0000888. The van der Waals surface area contributed by atoms with Gasteiger partial charge >= 0.3 is 17.9 Å². The van der Waals surface area contributed by atoms with Crippen molar-refractivity contribution in [3.05, 3.63) is 34.9 Å². The van der Waals surface area contributed by atoms with Gasteiger partial charge in [0, 0.05) is 6.54 Å². The van der Waals surface area contributed by atoms with Crippen LogP contribution < -0.4 is 5.73 Å². The van der Waals surface area contributed by atoms with Crippen LogP contribution in [0, 0.1) is 5.92 Å². The summed E-state index contributed by atoms with van der Waals surface area (Å²) in [5.74, 6) is -2.94. The van der Waals surface area contributed by atoms with E-state index >= 15 is 0 Å². The Morgan fingerprint density at radius 1 is 1.18 bits per heavy atom. The lowest BCUT2D eigenvalue weighted by Gasteiger charge is -2.16. The molecule has 0 saturated heterocycles. The molecule has 7 nitrogen and oxygen atoms in total. The average Bonchev–Trinajstić information content (AvgIpc) is 2.52. The summed E-state index contributed by atoms with van der Waals surface area (Å²) >= 11 is 0. The molecule has 0 aliphatic carbocycles. The summed E-state index contributed by atoms with van der Waals surface area (Å²) in [5, 5.41) is 9.05. The third kappa shape index (κ3) is 4.56. The van der Waals surface area contributed by atoms with E-state index in [0.29, 0.717) is 11.1 Å². The Hall–Kier alpha value is -2.41. The predicted octanol–water partition coefficient (Wildman–Crippen LogP) is 0.738. The SMILES string of the molecule is COC(=O)CC(Cc1cc(C(=O)O)ccc1CN)C(=O)OC. The van der Waals surface area contributed by atoms with Crippen LogP contribution in [0.1, 0.15) is 27.9 Å². The van der Waals surface area contributed by atoms with Gasteiger partial charge in [0.2, 0.25) is 0 Å². The molecule has 0 aliphatic rings. The fourth-order valence-electron chi connectivity index (χ4n) is 2.10. The van der Waals surface area contributed by atoms with Crippen LogP contribution in [-0.4, -0.2) is 37.2 Å². The van der Waals surface area contributed by atoms with Crippen molar-refractivity contribution in [2.75, 3.05) is 14.2 Å². The highest BCUT2D eigenvalue weighted by Crippen LogP contribution is 2.20. The Morgan fingerprint density at radius 2 is 1.86 bits per heavy atom. The van der Waals surface area contributed by atoms with Crippen molar-refractivity contribution in [2.45, 2.75) is 19.4 Å². The Kier molecular flexibility index (Phi) is 6.52. The molecule has 1 atom stereocenters. The number of esters is 2. The first kappa shape index (κ1) is 17.6. The molecule has 0 heterocycles. The van der Waals surface area contributed by atoms with Crippen molar-refractivity contribution in [3.8, 4) is 0 Å². The van der Waals surface area contributed by atoms with Gasteiger partial charge < -0.3 is 20.3 Å². The van der Waals surface area contributed by atoms with Gasteiger partial charge in [-0.1, -0.05) is 6.07 Å². The van der Waals surface area contributed by atoms with Crippen LogP contribution in [-0.2, 0) is 32.0 Å². The van der Waals surface area contributed by atoms with Crippen LogP contribution in [0.3, 0.4) is 0 Å². The molecule has 0 aromatic heterocycles. The molecule has 7 heteroatoms. The number of methoxy groups -OCH3 is 2. The van der Waals surface area contributed by atoms with E-state index in [9.17, 15) is 14.4 Å². The second-order valence-electron chi connectivity index (χ2n) is 4.70. The quantitative estimate of drug-likeness (QED) is 0.713. The van der Waals surface area contributed by atoms with Crippen molar-refractivity contribution in [2.24, 2.45) is 11.7 Å². The molecule has 0 amide bonds. The van der Waals surface area contributed by atoms with E-state index < -0.39 is 23.8 Å². The molecule has 0 spiro atoms. The van der Waals surface area contributed by atoms with Crippen molar-refractivity contribution >= 4 is 17.9 Å². The highest BCUT2D eigenvalue weighted by Gasteiger charge is 2.25. The molecule has 1 aromatic carbocycles. The zero-order chi connectivity index (χ0) is 16.7. The molecule has 1 unspecified atom stereocenters. The summed E-state index contributed by atoms with van der Waals surface area (Å²) in [6.45, 7) is 0.196. The van der Waals surface area contributed by atoms with E-state index in [4.69, 9.17) is 10.8 Å². The van der Waals surface area contributed by atoms with Crippen LogP contribution in [0.4, 0.5) is 0 Å². The third-order valence-corrected chi connectivity index (χ3v) is 3.31. The van der Waals surface area contributed by atoms with E-state index in [0.717, 1.165) is 0 Å². The van der Waals surface area contributed by atoms with E-state index in [1.54, 1.807) is 6.07 Å². The maximum Gasteiger partial charge on any atom is 0.335 e. The van der Waals surface area contributed by atoms with Gasteiger partial charge in [-0.2, -0.15) is 0 Å². The third-order valence-electron chi connectivity index (χ3n) is 3.31. The van der Waals surface area contributed by atoms with Crippen LogP contribution in [0.25, 0.3) is 0 Å². The summed E-state index contributed by atoms with van der Waals surface area (Å²) in [5.41, 5.74) is 7.04. The first-order valence-electron chi connectivity index (χ1n) is 6.62. The van der Waals surface area contributed by atoms with Gasteiger partial charge in [0.1, 0.15) is 0 Å².